The SMILES string of the molecule is CC(C)COCCN(CCCN)c1ccc(F)cc1. The highest BCUT2D eigenvalue weighted by atomic mass is 19.1. The van der Waals surface area contributed by atoms with E-state index in [4.69, 9.17) is 10.5 Å². The molecule has 4 heteroatoms. The van der Waals surface area contributed by atoms with Crippen LogP contribution in [0.15, 0.2) is 24.3 Å². The van der Waals surface area contributed by atoms with Crippen molar-refractivity contribution in [3.63, 3.8) is 0 Å². The highest BCUT2D eigenvalue weighted by Crippen LogP contribution is 2.15. The molecule has 0 heterocycles. The minimum atomic E-state index is -0.210. The van der Waals surface area contributed by atoms with Crippen LogP contribution in [0, 0.1) is 11.7 Å². The van der Waals surface area contributed by atoms with Gasteiger partial charge in [0.05, 0.1) is 6.61 Å². The second-order valence-electron chi connectivity index (χ2n) is 5.07. The van der Waals surface area contributed by atoms with E-state index in [2.05, 4.69) is 18.7 Å². The van der Waals surface area contributed by atoms with Crippen LogP contribution in [0.25, 0.3) is 0 Å². The zero-order valence-corrected chi connectivity index (χ0v) is 11.9. The fourth-order valence-electron chi connectivity index (χ4n) is 1.80. The molecule has 0 saturated heterocycles. The minimum Gasteiger partial charge on any atom is -0.379 e. The summed E-state index contributed by atoms with van der Waals surface area (Å²) < 4.78 is 18.5. The topological polar surface area (TPSA) is 38.5 Å². The molecule has 108 valence electrons. The van der Waals surface area contributed by atoms with E-state index < -0.39 is 0 Å². The van der Waals surface area contributed by atoms with Crippen molar-refractivity contribution in [3.05, 3.63) is 30.1 Å². The standard InChI is InChI=1S/C15H25FN2O/c1-13(2)12-19-11-10-18(9-3-8-17)15-6-4-14(16)5-7-15/h4-7,13H,3,8-12,17H2,1-2H3. The molecule has 0 unspecified atom stereocenters. The number of anilines is 1. The molecule has 1 rings (SSSR count). The van der Waals surface area contributed by atoms with E-state index >= 15 is 0 Å². The lowest BCUT2D eigenvalue weighted by Crippen LogP contribution is -2.30. The molecule has 0 aromatic heterocycles. The van der Waals surface area contributed by atoms with Crippen molar-refractivity contribution in [2.24, 2.45) is 11.7 Å². The van der Waals surface area contributed by atoms with Gasteiger partial charge in [0.2, 0.25) is 0 Å². The lowest BCUT2D eigenvalue weighted by molar-refractivity contribution is 0.115. The molecule has 3 nitrogen and oxygen atoms in total. The number of benzene rings is 1. The van der Waals surface area contributed by atoms with Gasteiger partial charge in [-0.1, -0.05) is 13.8 Å². The van der Waals surface area contributed by atoms with E-state index in [1.807, 2.05) is 0 Å². The van der Waals surface area contributed by atoms with Gasteiger partial charge >= 0.3 is 0 Å². The molecule has 2 N–H and O–H groups in total. The van der Waals surface area contributed by atoms with E-state index in [1.165, 1.54) is 12.1 Å². The summed E-state index contributed by atoms with van der Waals surface area (Å²) in [6.45, 7) is 8.04. The highest BCUT2D eigenvalue weighted by Gasteiger charge is 2.06. The van der Waals surface area contributed by atoms with Gasteiger partial charge in [-0.25, -0.2) is 4.39 Å². The first kappa shape index (κ1) is 15.9. The van der Waals surface area contributed by atoms with Crippen molar-refractivity contribution in [2.75, 3.05) is 37.7 Å². The van der Waals surface area contributed by atoms with Gasteiger partial charge in [-0.15, -0.1) is 0 Å². The molecule has 1 aromatic carbocycles. The molecule has 0 aliphatic carbocycles. The number of nitrogens with two attached hydrogens (primary N) is 1. The molecule has 1 aromatic rings. The number of hydrogen-bond donors (Lipinski definition) is 1. The number of ether oxygens (including phenoxy) is 1. The van der Waals surface area contributed by atoms with Crippen LogP contribution in [0.4, 0.5) is 10.1 Å². The monoisotopic (exact) mass is 268 g/mol. The summed E-state index contributed by atoms with van der Waals surface area (Å²) in [5.41, 5.74) is 6.57. The molecule has 0 radical (unpaired) electrons. The van der Waals surface area contributed by atoms with Gasteiger partial charge in [-0.2, -0.15) is 0 Å². The van der Waals surface area contributed by atoms with Gasteiger partial charge in [-0.05, 0) is 43.1 Å². The normalized spacial score (nSPS) is 11.0. The lowest BCUT2D eigenvalue weighted by Gasteiger charge is -2.25. The van der Waals surface area contributed by atoms with Crippen molar-refractivity contribution in [2.45, 2.75) is 20.3 Å². The predicted molar refractivity (Wildman–Crippen MR) is 77.9 cm³/mol. The average Bonchev–Trinajstić information content (AvgIpc) is 2.39. The van der Waals surface area contributed by atoms with Crippen LogP contribution in [0.3, 0.4) is 0 Å². The van der Waals surface area contributed by atoms with E-state index in [1.54, 1.807) is 12.1 Å². The van der Waals surface area contributed by atoms with Crippen LogP contribution in [0.5, 0.6) is 0 Å². The average molecular weight is 268 g/mol. The van der Waals surface area contributed by atoms with Crippen molar-refractivity contribution in [1.82, 2.24) is 0 Å². The molecular formula is C15H25FN2O. The van der Waals surface area contributed by atoms with Gasteiger partial charge in [0.25, 0.3) is 0 Å². The third kappa shape index (κ3) is 6.55. The molecule has 0 aliphatic rings. The third-order valence-electron chi connectivity index (χ3n) is 2.78. The first-order chi connectivity index (χ1) is 9.13. The van der Waals surface area contributed by atoms with Gasteiger partial charge in [0.1, 0.15) is 5.82 Å². The Balaban J connectivity index is 2.48. The van der Waals surface area contributed by atoms with Gasteiger partial charge in [0, 0.05) is 25.4 Å². The van der Waals surface area contributed by atoms with Crippen LogP contribution < -0.4 is 10.6 Å². The molecule has 0 saturated carbocycles. The Morgan fingerprint density at radius 2 is 1.89 bits per heavy atom. The van der Waals surface area contributed by atoms with Crippen molar-refractivity contribution < 1.29 is 9.13 Å². The predicted octanol–water partition coefficient (Wildman–Crippen LogP) is 2.65. The summed E-state index contributed by atoms with van der Waals surface area (Å²) in [6, 6.07) is 6.57. The highest BCUT2D eigenvalue weighted by molar-refractivity contribution is 5.46. The van der Waals surface area contributed by atoms with E-state index in [0.29, 0.717) is 19.1 Å². The summed E-state index contributed by atoms with van der Waals surface area (Å²) in [7, 11) is 0. The van der Waals surface area contributed by atoms with Crippen molar-refractivity contribution in [1.29, 1.82) is 0 Å². The Kier molecular flexibility index (Phi) is 7.45. The fourth-order valence-corrected chi connectivity index (χ4v) is 1.80. The van der Waals surface area contributed by atoms with Crippen LogP contribution in [-0.4, -0.2) is 32.8 Å². The molecule has 0 aliphatic heterocycles. The first-order valence-electron chi connectivity index (χ1n) is 6.91. The van der Waals surface area contributed by atoms with Gasteiger partial charge in [-0.3, -0.25) is 0 Å². The van der Waals surface area contributed by atoms with Crippen LogP contribution in [-0.2, 0) is 4.74 Å². The lowest BCUT2D eigenvalue weighted by atomic mass is 10.2. The maximum absolute atomic E-state index is 12.9. The fraction of sp³-hybridized carbons (Fsp3) is 0.600. The molecule has 0 atom stereocenters. The Hall–Kier alpha value is -1.13. The largest absolute Gasteiger partial charge is 0.379 e. The van der Waals surface area contributed by atoms with E-state index in [0.717, 1.165) is 31.8 Å². The second kappa shape index (κ2) is 8.88. The summed E-state index contributed by atoms with van der Waals surface area (Å²) in [4.78, 5) is 2.19. The van der Waals surface area contributed by atoms with Crippen LogP contribution in [0.2, 0.25) is 0 Å². The molecule has 0 spiro atoms. The summed E-state index contributed by atoms with van der Waals surface area (Å²) in [6.07, 6.45) is 0.918. The zero-order chi connectivity index (χ0) is 14.1. The van der Waals surface area contributed by atoms with Crippen LogP contribution >= 0.6 is 0 Å². The Morgan fingerprint density at radius 1 is 1.21 bits per heavy atom. The van der Waals surface area contributed by atoms with Crippen LogP contribution in [0.1, 0.15) is 20.3 Å². The Bertz CT molecular complexity index is 341. The molecule has 19 heavy (non-hydrogen) atoms. The summed E-state index contributed by atoms with van der Waals surface area (Å²) >= 11 is 0. The summed E-state index contributed by atoms with van der Waals surface area (Å²) in [5.74, 6) is 0.335. The zero-order valence-electron chi connectivity index (χ0n) is 11.9. The summed E-state index contributed by atoms with van der Waals surface area (Å²) in [5, 5.41) is 0. The number of nitrogens with zero attached hydrogens (tertiary/aromatic N) is 1. The smallest absolute Gasteiger partial charge is 0.123 e. The molecule has 0 amide bonds. The maximum atomic E-state index is 12.9. The molecule has 0 bridgehead atoms. The molecule has 0 fully saturated rings. The second-order valence-corrected chi connectivity index (χ2v) is 5.07. The first-order valence-corrected chi connectivity index (χ1v) is 6.91. The Morgan fingerprint density at radius 3 is 2.47 bits per heavy atom. The maximum Gasteiger partial charge on any atom is 0.123 e. The van der Waals surface area contributed by atoms with Crippen molar-refractivity contribution in [3.8, 4) is 0 Å². The van der Waals surface area contributed by atoms with E-state index in [-0.39, 0.29) is 5.82 Å². The number of hydrogen-bond acceptors (Lipinski definition) is 3. The third-order valence-corrected chi connectivity index (χ3v) is 2.78. The quantitative estimate of drug-likeness (QED) is 0.700. The number of rotatable bonds is 9. The van der Waals surface area contributed by atoms with Gasteiger partial charge in [0.15, 0.2) is 0 Å². The number of halogens is 1. The molecular weight excluding hydrogens is 243 g/mol. The Labute approximate surface area is 115 Å². The van der Waals surface area contributed by atoms with E-state index in [9.17, 15) is 4.39 Å². The van der Waals surface area contributed by atoms with Gasteiger partial charge < -0.3 is 15.4 Å². The minimum absolute atomic E-state index is 0.210. The van der Waals surface area contributed by atoms with Crippen molar-refractivity contribution >= 4 is 5.69 Å².